The number of halogens is 1. The number of hydrogen-bond donors (Lipinski definition) is 0. The Bertz CT molecular complexity index is 617. The van der Waals surface area contributed by atoms with Crippen molar-refractivity contribution in [2.45, 2.75) is 13.0 Å². The molecule has 0 aromatic heterocycles. The van der Waals surface area contributed by atoms with Crippen LogP contribution in [0.5, 0.6) is 0 Å². The van der Waals surface area contributed by atoms with Crippen LogP contribution >= 0.6 is 12.4 Å². The summed E-state index contributed by atoms with van der Waals surface area (Å²) < 4.78 is 0. The highest BCUT2D eigenvalue weighted by molar-refractivity contribution is 5.85. The van der Waals surface area contributed by atoms with Crippen molar-refractivity contribution in [3.05, 3.63) is 89.5 Å². The molecule has 3 rings (SSSR count). The number of nitrogens with zero attached hydrogens (tertiary/aromatic N) is 1. The summed E-state index contributed by atoms with van der Waals surface area (Å²) in [5, 5.41) is 0. The third kappa shape index (κ3) is 4.87. The van der Waals surface area contributed by atoms with Crippen molar-refractivity contribution in [2.24, 2.45) is 0 Å². The van der Waals surface area contributed by atoms with Crippen LogP contribution in [0.15, 0.2) is 78.4 Å². The molecular weight excluding hydrogens is 290 g/mol. The van der Waals surface area contributed by atoms with Gasteiger partial charge in [-0.3, -0.25) is 4.90 Å². The third-order valence-electron chi connectivity index (χ3n) is 3.87. The van der Waals surface area contributed by atoms with Crippen molar-refractivity contribution >= 4 is 18.5 Å². The fraction of sp³-hybridized carbons (Fsp3) is 0.200. The maximum atomic E-state index is 2.50. The van der Waals surface area contributed by atoms with Crippen molar-refractivity contribution in [2.75, 3.05) is 13.1 Å². The highest BCUT2D eigenvalue weighted by Gasteiger charge is 2.10. The van der Waals surface area contributed by atoms with E-state index in [0.29, 0.717) is 0 Å². The van der Waals surface area contributed by atoms with Gasteiger partial charge in [0.15, 0.2) is 0 Å². The van der Waals surface area contributed by atoms with E-state index in [-0.39, 0.29) is 12.4 Å². The Labute approximate surface area is 139 Å². The molecule has 2 aromatic carbocycles. The lowest BCUT2D eigenvalue weighted by Crippen LogP contribution is -2.27. The van der Waals surface area contributed by atoms with Gasteiger partial charge in [-0.2, -0.15) is 0 Å². The Morgan fingerprint density at radius 3 is 2.18 bits per heavy atom. The topological polar surface area (TPSA) is 3.24 Å². The maximum Gasteiger partial charge on any atom is 0.0237 e. The van der Waals surface area contributed by atoms with Crippen LogP contribution in [0, 0.1) is 0 Å². The SMILES string of the molecule is C(=Cc1ccccc1)C1=CCN(Cc2ccccc2)CC1.Cl. The third-order valence-corrected chi connectivity index (χ3v) is 3.87. The fourth-order valence-electron chi connectivity index (χ4n) is 2.63. The average molecular weight is 312 g/mol. The normalized spacial score (nSPS) is 15.4. The molecule has 0 fully saturated rings. The molecule has 0 amide bonds. The molecule has 0 N–H and O–H groups in total. The molecule has 1 aliphatic heterocycles. The number of hydrogen-bond acceptors (Lipinski definition) is 1. The van der Waals surface area contributed by atoms with Crippen molar-refractivity contribution in [3.8, 4) is 0 Å². The summed E-state index contributed by atoms with van der Waals surface area (Å²) in [5.74, 6) is 0. The van der Waals surface area contributed by atoms with Gasteiger partial charge in [0.05, 0.1) is 0 Å². The molecule has 0 unspecified atom stereocenters. The Morgan fingerprint density at radius 1 is 0.864 bits per heavy atom. The fourth-order valence-corrected chi connectivity index (χ4v) is 2.63. The second-order valence-corrected chi connectivity index (χ2v) is 5.49. The summed E-state index contributed by atoms with van der Waals surface area (Å²) in [7, 11) is 0. The lowest BCUT2D eigenvalue weighted by atomic mass is 10.1. The second-order valence-electron chi connectivity index (χ2n) is 5.49. The van der Waals surface area contributed by atoms with Crippen LogP contribution in [0.4, 0.5) is 0 Å². The molecular formula is C20H22ClN. The number of benzene rings is 2. The Balaban J connectivity index is 0.00000176. The van der Waals surface area contributed by atoms with E-state index in [0.717, 1.165) is 26.1 Å². The van der Waals surface area contributed by atoms with Gasteiger partial charge < -0.3 is 0 Å². The lowest BCUT2D eigenvalue weighted by molar-refractivity contribution is 0.287. The summed E-state index contributed by atoms with van der Waals surface area (Å²) in [4.78, 5) is 2.50. The summed E-state index contributed by atoms with van der Waals surface area (Å²) in [5.41, 5.74) is 4.11. The van der Waals surface area contributed by atoms with Crippen molar-refractivity contribution in [1.29, 1.82) is 0 Å². The summed E-state index contributed by atoms with van der Waals surface area (Å²) in [6.07, 6.45) is 7.95. The first-order valence-corrected chi connectivity index (χ1v) is 7.58. The van der Waals surface area contributed by atoms with Gasteiger partial charge in [0, 0.05) is 19.6 Å². The molecule has 114 valence electrons. The smallest absolute Gasteiger partial charge is 0.0237 e. The van der Waals surface area contributed by atoms with Crippen LogP contribution in [0.25, 0.3) is 6.08 Å². The van der Waals surface area contributed by atoms with Crippen LogP contribution in [0.2, 0.25) is 0 Å². The van der Waals surface area contributed by atoms with E-state index in [2.05, 4.69) is 83.8 Å². The standard InChI is InChI=1S/C20H21N.ClH/c1-3-7-18(8-4-1)11-12-19-13-15-21(16-14-19)17-20-9-5-2-6-10-20;/h1-13H,14-17H2;1H. The van der Waals surface area contributed by atoms with Gasteiger partial charge >= 0.3 is 0 Å². The van der Waals surface area contributed by atoms with Crippen LogP contribution in [0.1, 0.15) is 17.5 Å². The van der Waals surface area contributed by atoms with E-state index in [9.17, 15) is 0 Å². The molecule has 0 saturated carbocycles. The Morgan fingerprint density at radius 2 is 1.55 bits per heavy atom. The summed E-state index contributed by atoms with van der Waals surface area (Å²) in [6.45, 7) is 3.23. The molecule has 1 nitrogen and oxygen atoms in total. The van der Waals surface area contributed by atoms with E-state index in [1.54, 1.807) is 0 Å². The van der Waals surface area contributed by atoms with E-state index in [1.807, 2.05) is 0 Å². The minimum Gasteiger partial charge on any atom is -0.295 e. The molecule has 0 saturated heterocycles. The molecule has 1 heterocycles. The molecule has 0 atom stereocenters. The highest BCUT2D eigenvalue weighted by Crippen LogP contribution is 2.16. The minimum absolute atomic E-state index is 0. The molecule has 0 radical (unpaired) electrons. The van der Waals surface area contributed by atoms with Crippen LogP contribution in [-0.4, -0.2) is 18.0 Å². The first kappa shape index (κ1) is 16.5. The zero-order valence-corrected chi connectivity index (χ0v) is 13.5. The first-order valence-electron chi connectivity index (χ1n) is 7.58. The number of allylic oxidation sites excluding steroid dienone is 1. The van der Waals surface area contributed by atoms with Crippen LogP contribution < -0.4 is 0 Å². The molecule has 0 spiro atoms. The predicted octanol–water partition coefficient (Wildman–Crippen LogP) is 4.95. The molecule has 2 aromatic rings. The zero-order chi connectivity index (χ0) is 14.3. The molecule has 0 aliphatic carbocycles. The zero-order valence-electron chi connectivity index (χ0n) is 12.7. The van der Waals surface area contributed by atoms with Gasteiger partial charge in [0.2, 0.25) is 0 Å². The molecule has 2 heteroatoms. The van der Waals surface area contributed by atoms with Gasteiger partial charge in [0.25, 0.3) is 0 Å². The number of rotatable bonds is 4. The van der Waals surface area contributed by atoms with Gasteiger partial charge in [-0.15, -0.1) is 12.4 Å². The minimum atomic E-state index is 0. The lowest BCUT2D eigenvalue weighted by Gasteiger charge is -2.25. The van der Waals surface area contributed by atoms with E-state index in [1.165, 1.54) is 16.7 Å². The Hall–Kier alpha value is -1.83. The van der Waals surface area contributed by atoms with Crippen molar-refractivity contribution in [3.63, 3.8) is 0 Å². The van der Waals surface area contributed by atoms with Crippen molar-refractivity contribution < 1.29 is 0 Å². The Kier molecular flexibility index (Phi) is 6.45. The second kappa shape index (κ2) is 8.57. The average Bonchev–Trinajstić information content (AvgIpc) is 2.56. The molecule has 1 aliphatic rings. The van der Waals surface area contributed by atoms with Crippen molar-refractivity contribution in [1.82, 2.24) is 4.90 Å². The largest absolute Gasteiger partial charge is 0.295 e. The van der Waals surface area contributed by atoms with Gasteiger partial charge in [-0.25, -0.2) is 0 Å². The van der Waals surface area contributed by atoms with Gasteiger partial charge in [-0.1, -0.05) is 78.9 Å². The van der Waals surface area contributed by atoms with E-state index < -0.39 is 0 Å². The highest BCUT2D eigenvalue weighted by atomic mass is 35.5. The van der Waals surface area contributed by atoms with E-state index >= 15 is 0 Å². The van der Waals surface area contributed by atoms with Crippen LogP contribution in [-0.2, 0) is 6.54 Å². The van der Waals surface area contributed by atoms with Gasteiger partial charge in [-0.05, 0) is 23.1 Å². The monoisotopic (exact) mass is 311 g/mol. The molecule has 22 heavy (non-hydrogen) atoms. The van der Waals surface area contributed by atoms with Gasteiger partial charge in [0.1, 0.15) is 0 Å². The maximum absolute atomic E-state index is 2.50. The van der Waals surface area contributed by atoms with E-state index in [4.69, 9.17) is 0 Å². The summed E-state index contributed by atoms with van der Waals surface area (Å²) >= 11 is 0. The summed E-state index contributed by atoms with van der Waals surface area (Å²) in [6, 6.07) is 21.2. The quantitative estimate of drug-likeness (QED) is 0.772. The predicted molar refractivity (Wildman–Crippen MR) is 97.1 cm³/mol. The first-order chi connectivity index (χ1) is 10.4. The van der Waals surface area contributed by atoms with Crippen LogP contribution in [0.3, 0.4) is 0 Å². The molecule has 0 bridgehead atoms.